The second-order valence-corrected chi connectivity index (χ2v) is 6.81. The van der Waals surface area contributed by atoms with Gasteiger partial charge in [-0.05, 0) is 36.8 Å². The number of sulfonamides is 1. The van der Waals surface area contributed by atoms with Crippen molar-refractivity contribution in [1.29, 1.82) is 0 Å². The summed E-state index contributed by atoms with van der Waals surface area (Å²) < 4.78 is 32.0. The zero-order valence-electron chi connectivity index (χ0n) is 12.9. The lowest BCUT2D eigenvalue weighted by atomic mass is 10.2. The van der Waals surface area contributed by atoms with E-state index < -0.39 is 10.0 Å². The van der Waals surface area contributed by atoms with Gasteiger partial charge in [-0.25, -0.2) is 13.1 Å². The summed E-state index contributed by atoms with van der Waals surface area (Å²) in [6.07, 6.45) is 3.19. The molecule has 6 nitrogen and oxygen atoms in total. The van der Waals surface area contributed by atoms with Gasteiger partial charge in [0.15, 0.2) is 0 Å². The molecule has 1 aromatic carbocycles. The van der Waals surface area contributed by atoms with E-state index in [2.05, 4.69) is 10.0 Å². The predicted octanol–water partition coefficient (Wildman–Crippen LogP) is 2.29. The summed E-state index contributed by atoms with van der Waals surface area (Å²) in [5, 5.41) is 2.68. The van der Waals surface area contributed by atoms with Crippen molar-refractivity contribution in [1.82, 2.24) is 10.0 Å². The minimum atomic E-state index is -3.60. The highest BCUT2D eigenvalue weighted by Gasteiger charge is 2.15. The first kappa shape index (κ1) is 17.2. The number of hydrogen-bond acceptors (Lipinski definition) is 4. The van der Waals surface area contributed by atoms with Crippen molar-refractivity contribution in [3.8, 4) is 0 Å². The topological polar surface area (TPSA) is 88.4 Å². The Labute approximate surface area is 135 Å². The van der Waals surface area contributed by atoms with Crippen LogP contribution in [0.25, 0.3) is 0 Å². The standard InChI is InChI=1S/C16H20N2O4S/c1-2-3-9-18-23(20,21)15-8-4-6-13(11-15)16(19)17-12-14-7-5-10-22-14/h4-8,10-11,18H,2-3,9,12H2,1H3,(H,17,19). The van der Waals surface area contributed by atoms with Crippen LogP contribution in [0.1, 0.15) is 35.9 Å². The van der Waals surface area contributed by atoms with E-state index in [0.29, 0.717) is 12.3 Å². The van der Waals surface area contributed by atoms with Gasteiger partial charge in [-0.2, -0.15) is 0 Å². The minimum Gasteiger partial charge on any atom is -0.467 e. The molecule has 7 heteroatoms. The fourth-order valence-corrected chi connectivity index (χ4v) is 3.07. The summed E-state index contributed by atoms with van der Waals surface area (Å²) in [4.78, 5) is 12.2. The predicted molar refractivity (Wildman–Crippen MR) is 86.4 cm³/mol. The zero-order valence-corrected chi connectivity index (χ0v) is 13.7. The number of rotatable bonds is 8. The third kappa shape index (κ3) is 4.94. The molecule has 0 aliphatic rings. The van der Waals surface area contributed by atoms with Crippen molar-refractivity contribution < 1.29 is 17.6 Å². The van der Waals surface area contributed by atoms with Gasteiger partial charge in [0.05, 0.1) is 17.7 Å². The monoisotopic (exact) mass is 336 g/mol. The van der Waals surface area contributed by atoms with E-state index in [4.69, 9.17) is 4.42 Å². The molecule has 0 spiro atoms. The van der Waals surface area contributed by atoms with Crippen molar-refractivity contribution in [3.05, 3.63) is 54.0 Å². The molecule has 1 aromatic heterocycles. The summed E-state index contributed by atoms with van der Waals surface area (Å²) in [6, 6.07) is 9.44. The van der Waals surface area contributed by atoms with Crippen LogP contribution in [0.2, 0.25) is 0 Å². The molecule has 0 bridgehead atoms. The molecular formula is C16H20N2O4S. The maximum absolute atomic E-state index is 12.2. The lowest BCUT2D eigenvalue weighted by Gasteiger charge is -2.08. The molecular weight excluding hydrogens is 316 g/mol. The molecule has 2 aromatic rings. The van der Waals surface area contributed by atoms with Gasteiger partial charge >= 0.3 is 0 Å². The Morgan fingerprint density at radius 3 is 2.74 bits per heavy atom. The van der Waals surface area contributed by atoms with Crippen molar-refractivity contribution in [2.75, 3.05) is 6.54 Å². The highest BCUT2D eigenvalue weighted by molar-refractivity contribution is 7.89. The molecule has 0 radical (unpaired) electrons. The average Bonchev–Trinajstić information content (AvgIpc) is 3.06. The quantitative estimate of drug-likeness (QED) is 0.724. The molecule has 2 rings (SSSR count). The SMILES string of the molecule is CCCCNS(=O)(=O)c1cccc(C(=O)NCc2ccco2)c1. The fourth-order valence-electron chi connectivity index (χ4n) is 1.95. The molecule has 23 heavy (non-hydrogen) atoms. The summed E-state index contributed by atoms with van der Waals surface area (Å²) in [5.74, 6) is 0.273. The van der Waals surface area contributed by atoms with Crippen LogP contribution < -0.4 is 10.0 Å². The van der Waals surface area contributed by atoms with E-state index in [1.165, 1.54) is 18.4 Å². The van der Waals surface area contributed by atoms with Crippen LogP contribution in [0.15, 0.2) is 52.0 Å². The second kappa shape index (κ2) is 7.94. The largest absolute Gasteiger partial charge is 0.467 e. The van der Waals surface area contributed by atoms with Gasteiger partial charge in [0.1, 0.15) is 5.76 Å². The Kier molecular flexibility index (Phi) is 5.95. The van der Waals surface area contributed by atoms with Crippen molar-refractivity contribution in [2.45, 2.75) is 31.2 Å². The Bertz CT molecular complexity index is 739. The molecule has 0 saturated heterocycles. The third-order valence-electron chi connectivity index (χ3n) is 3.23. The number of carbonyl (C=O) groups is 1. The molecule has 0 unspecified atom stereocenters. The van der Waals surface area contributed by atoms with E-state index in [0.717, 1.165) is 12.8 Å². The lowest BCUT2D eigenvalue weighted by Crippen LogP contribution is -2.26. The van der Waals surface area contributed by atoms with E-state index >= 15 is 0 Å². The number of amides is 1. The lowest BCUT2D eigenvalue weighted by molar-refractivity contribution is 0.0948. The Hall–Kier alpha value is -2.12. The van der Waals surface area contributed by atoms with Gasteiger partial charge in [-0.15, -0.1) is 0 Å². The highest BCUT2D eigenvalue weighted by atomic mass is 32.2. The van der Waals surface area contributed by atoms with Gasteiger partial charge < -0.3 is 9.73 Å². The molecule has 2 N–H and O–H groups in total. The van der Waals surface area contributed by atoms with Gasteiger partial charge in [-0.3, -0.25) is 4.79 Å². The molecule has 1 amide bonds. The summed E-state index contributed by atoms with van der Waals surface area (Å²) in [6.45, 7) is 2.61. The summed E-state index contributed by atoms with van der Waals surface area (Å²) in [7, 11) is -3.60. The van der Waals surface area contributed by atoms with Crippen LogP contribution in [-0.2, 0) is 16.6 Å². The van der Waals surface area contributed by atoms with Crippen LogP contribution in [0.3, 0.4) is 0 Å². The molecule has 0 aliphatic carbocycles. The number of hydrogen-bond donors (Lipinski definition) is 2. The minimum absolute atomic E-state index is 0.0826. The Balaban J connectivity index is 2.05. The number of benzene rings is 1. The van der Waals surface area contributed by atoms with Crippen LogP contribution in [0, 0.1) is 0 Å². The molecule has 1 heterocycles. The van der Waals surface area contributed by atoms with E-state index in [1.54, 1.807) is 24.3 Å². The first-order valence-corrected chi connectivity index (χ1v) is 8.91. The van der Waals surface area contributed by atoms with E-state index in [9.17, 15) is 13.2 Å². The molecule has 124 valence electrons. The number of furan rings is 1. The number of carbonyl (C=O) groups excluding carboxylic acids is 1. The normalized spacial score (nSPS) is 11.3. The summed E-state index contributed by atoms with van der Waals surface area (Å²) in [5.41, 5.74) is 0.287. The zero-order chi connectivity index (χ0) is 16.7. The third-order valence-corrected chi connectivity index (χ3v) is 4.69. The van der Waals surface area contributed by atoms with Crippen molar-refractivity contribution >= 4 is 15.9 Å². The van der Waals surface area contributed by atoms with Crippen LogP contribution in [0.5, 0.6) is 0 Å². The van der Waals surface area contributed by atoms with Crippen LogP contribution in [0.4, 0.5) is 0 Å². The number of nitrogens with one attached hydrogen (secondary N) is 2. The van der Waals surface area contributed by atoms with Gasteiger partial charge in [0, 0.05) is 12.1 Å². The molecule has 0 atom stereocenters. The van der Waals surface area contributed by atoms with Gasteiger partial charge in [0.25, 0.3) is 5.91 Å². The van der Waals surface area contributed by atoms with E-state index in [-0.39, 0.29) is 22.9 Å². The average molecular weight is 336 g/mol. The maximum atomic E-state index is 12.2. The molecule has 0 saturated carbocycles. The first-order valence-electron chi connectivity index (χ1n) is 7.43. The Morgan fingerprint density at radius 1 is 1.22 bits per heavy atom. The van der Waals surface area contributed by atoms with Gasteiger partial charge in [0.2, 0.25) is 10.0 Å². The Morgan fingerprint density at radius 2 is 2.04 bits per heavy atom. The van der Waals surface area contributed by atoms with Crippen LogP contribution >= 0.6 is 0 Å². The van der Waals surface area contributed by atoms with Crippen molar-refractivity contribution in [2.24, 2.45) is 0 Å². The molecule has 0 aliphatic heterocycles. The van der Waals surface area contributed by atoms with Crippen LogP contribution in [-0.4, -0.2) is 20.9 Å². The smallest absolute Gasteiger partial charge is 0.251 e. The number of unbranched alkanes of at least 4 members (excludes halogenated alkanes) is 1. The van der Waals surface area contributed by atoms with Gasteiger partial charge in [-0.1, -0.05) is 19.4 Å². The maximum Gasteiger partial charge on any atom is 0.251 e. The molecule has 0 fully saturated rings. The second-order valence-electron chi connectivity index (χ2n) is 5.04. The highest BCUT2D eigenvalue weighted by Crippen LogP contribution is 2.12. The fraction of sp³-hybridized carbons (Fsp3) is 0.312. The summed E-state index contributed by atoms with van der Waals surface area (Å²) >= 11 is 0. The first-order chi connectivity index (χ1) is 11.0. The van der Waals surface area contributed by atoms with Crippen molar-refractivity contribution in [3.63, 3.8) is 0 Å². The van der Waals surface area contributed by atoms with E-state index in [1.807, 2.05) is 6.92 Å².